The average Bonchev–Trinajstić information content (AvgIpc) is 2.46. The second-order valence-electron chi connectivity index (χ2n) is 4.19. The van der Waals surface area contributed by atoms with Gasteiger partial charge in [-0.1, -0.05) is 30.3 Å². The summed E-state index contributed by atoms with van der Waals surface area (Å²) < 4.78 is 5.26. The number of aliphatic hydroxyl groups is 1. The predicted molar refractivity (Wildman–Crippen MR) is 70.7 cm³/mol. The van der Waals surface area contributed by atoms with Crippen molar-refractivity contribution in [3.63, 3.8) is 0 Å². The lowest BCUT2D eigenvalue weighted by molar-refractivity contribution is -0.144. The largest absolute Gasteiger partial charge is 0.480 e. The summed E-state index contributed by atoms with van der Waals surface area (Å²) in [6.07, 6.45) is 0. The Hall–Kier alpha value is -1.96. The third kappa shape index (κ3) is 5.35. The van der Waals surface area contributed by atoms with E-state index in [0.717, 1.165) is 5.56 Å². The second kappa shape index (κ2) is 8.26. The summed E-state index contributed by atoms with van der Waals surface area (Å²) in [7, 11) is 0. The van der Waals surface area contributed by atoms with Crippen molar-refractivity contribution >= 4 is 11.9 Å². The van der Waals surface area contributed by atoms with Gasteiger partial charge >= 0.3 is 5.97 Å². The zero-order chi connectivity index (χ0) is 15.0. The number of carbonyl (C=O) groups excluding carboxylic acids is 1. The monoisotopic (exact) mass is 282 g/mol. The number of nitrogens with one attached hydrogen (secondary N) is 1. The van der Waals surface area contributed by atoms with Gasteiger partial charge in [0.05, 0.1) is 19.8 Å². The summed E-state index contributed by atoms with van der Waals surface area (Å²) in [5, 5.41) is 19.9. The number of hydrogen-bond donors (Lipinski definition) is 4. The number of carboxylic acid groups (broad SMARTS) is 1. The van der Waals surface area contributed by atoms with Gasteiger partial charge in [0.15, 0.2) is 6.04 Å². The molecule has 0 bridgehead atoms. The van der Waals surface area contributed by atoms with Gasteiger partial charge in [0.25, 0.3) is 0 Å². The number of nitrogens with two attached hydrogens (primary N) is 1. The van der Waals surface area contributed by atoms with Gasteiger partial charge in [-0.15, -0.1) is 0 Å². The first kappa shape index (κ1) is 16.1. The fourth-order valence-electron chi connectivity index (χ4n) is 1.41. The van der Waals surface area contributed by atoms with Crippen LogP contribution in [0.3, 0.4) is 0 Å². The van der Waals surface area contributed by atoms with Crippen molar-refractivity contribution < 1.29 is 24.5 Å². The Morgan fingerprint density at radius 2 is 1.95 bits per heavy atom. The number of rotatable bonds is 8. The normalized spacial score (nSPS) is 13.5. The molecule has 20 heavy (non-hydrogen) atoms. The SMILES string of the molecule is N[C@@H](CO)C(=O)N[C@@H](COCc1ccccc1)C(=O)O. The number of aliphatic hydroxyl groups excluding tert-OH is 1. The van der Waals surface area contributed by atoms with E-state index in [2.05, 4.69) is 5.32 Å². The van der Waals surface area contributed by atoms with E-state index >= 15 is 0 Å². The van der Waals surface area contributed by atoms with E-state index in [1.54, 1.807) is 0 Å². The van der Waals surface area contributed by atoms with E-state index in [-0.39, 0.29) is 13.2 Å². The number of hydrogen-bond acceptors (Lipinski definition) is 5. The summed E-state index contributed by atoms with van der Waals surface area (Å²) in [4.78, 5) is 22.4. The molecular formula is C13H18N2O5. The van der Waals surface area contributed by atoms with Gasteiger partial charge in [0.2, 0.25) is 5.91 Å². The highest BCUT2D eigenvalue weighted by Crippen LogP contribution is 2.01. The Balaban J connectivity index is 2.43. The van der Waals surface area contributed by atoms with Gasteiger partial charge in [-0.3, -0.25) is 4.79 Å². The van der Waals surface area contributed by atoms with Crippen LogP contribution in [-0.2, 0) is 20.9 Å². The molecule has 5 N–H and O–H groups in total. The fourth-order valence-corrected chi connectivity index (χ4v) is 1.41. The standard InChI is InChI=1S/C13H18N2O5/c14-10(6-16)12(17)15-11(13(18)19)8-20-7-9-4-2-1-3-5-9/h1-5,10-11,16H,6-8,14H2,(H,15,17)(H,18,19)/t10-,11-/m0/s1. The predicted octanol–water partition coefficient (Wildman–Crippen LogP) is -0.908. The summed E-state index contributed by atoms with van der Waals surface area (Å²) in [5.74, 6) is -1.96. The molecule has 0 radical (unpaired) electrons. The molecule has 1 aromatic carbocycles. The van der Waals surface area contributed by atoms with Crippen molar-refractivity contribution in [3.05, 3.63) is 35.9 Å². The molecule has 0 heterocycles. The Labute approximate surface area is 116 Å². The summed E-state index contributed by atoms with van der Waals surface area (Å²) in [6.45, 7) is -0.496. The van der Waals surface area contributed by atoms with Crippen LogP contribution in [0.2, 0.25) is 0 Å². The van der Waals surface area contributed by atoms with Crippen LogP contribution in [0, 0.1) is 0 Å². The lowest BCUT2D eigenvalue weighted by Crippen LogP contribution is -2.51. The smallest absolute Gasteiger partial charge is 0.328 e. The molecule has 0 saturated heterocycles. The zero-order valence-electron chi connectivity index (χ0n) is 10.9. The van der Waals surface area contributed by atoms with Crippen LogP contribution in [0.1, 0.15) is 5.56 Å². The van der Waals surface area contributed by atoms with Gasteiger partial charge in [-0.05, 0) is 5.56 Å². The van der Waals surface area contributed by atoms with E-state index < -0.39 is 30.6 Å². The Kier molecular flexibility index (Phi) is 6.65. The van der Waals surface area contributed by atoms with Crippen LogP contribution in [-0.4, -0.2) is 47.4 Å². The maximum atomic E-state index is 11.4. The van der Waals surface area contributed by atoms with Gasteiger partial charge in [-0.2, -0.15) is 0 Å². The molecule has 0 saturated carbocycles. The van der Waals surface area contributed by atoms with Crippen molar-refractivity contribution in [1.29, 1.82) is 0 Å². The number of carboxylic acids is 1. The number of carbonyl (C=O) groups is 2. The minimum atomic E-state index is -1.23. The van der Waals surface area contributed by atoms with Gasteiger partial charge in [0, 0.05) is 0 Å². The highest BCUT2D eigenvalue weighted by Gasteiger charge is 2.23. The minimum absolute atomic E-state index is 0.186. The van der Waals surface area contributed by atoms with Gasteiger partial charge < -0.3 is 26.0 Å². The van der Waals surface area contributed by atoms with Crippen molar-refractivity contribution in [2.24, 2.45) is 5.73 Å². The molecule has 0 fully saturated rings. The number of ether oxygens (including phenoxy) is 1. The highest BCUT2D eigenvalue weighted by atomic mass is 16.5. The van der Waals surface area contributed by atoms with Crippen LogP contribution in [0.15, 0.2) is 30.3 Å². The van der Waals surface area contributed by atoms with E-state index in [1.165, 1.54) is 0 Å². The van der Waals surface area contributed by atoms with E-state index in [1.807, 2.05) is 30.3 Å². The zero-order valence-corrected chi connectivity index (χ0v) is 10.9. The van der Waals surface area contributed by atoms with E-state index in [9.17, 15) is 9.59 Å². The van der Waals surface area contributed by atoms with Crippen LogP contribution < -0.4 is 11.1 Å². The summed E-state index contributed by atoms with van der Waals surface area (Å²) in [6, 6.07) is 6.88. The van der Waals surface area contributed by atoms with Crippen molar-refractivity contribution in [1.82, 2.24) is 5.32 Å². The van der Waals surface area contributed by atoms with Crippen LogP contribution in [0.5, 0.6) is 0 Å². The molecule has 1 rings (SSSR count). The first-order valence-corrected chi connectivity index (χ1v) is 6.06. The maximum Gasteiger partial charge on any atom is 0.328 e. The highest BCUT2D eigenvalue weighted by molar-refractivity contribution is 5.86. The van der Waals surface area contributed by atoms with E-state index in [0.29, 0.717) is 0 Å². The topological polar surface area (TPSA) is 122 Å². The fraction of sp³-hybridized carbons (Fsp3) is 0.385. The molecule has 7 nitrogen and oxygen atoms in total. The first-order chi connectivity index (χ1) is 9.54. The van der Waals surface area contributed by atoms with Crippen molar-refractivity contribution in [2.75, 3.05) is 13.2 Å². The number of aliphatic carboxylic acids is 1. The Bertz CT molecular complexity index is 438. The molecule has 0 aliphatic rings. The molecule has 7 heteroatoms. The van der Waals surface area contributed by atoms with Crippen LogP contribution in [0.4, 0.5) is 0 Å². The second-order valence-corrected chi connectivity index (χ2v) is 4.19. The van der Waals surface area contributed by atoms with Crippen molar-refractivity contribution in [3.8, 4) is 0 Å². The molecule has 0 unspecified atom stereocenters. The average molecular weight is 282 g/mol. The molecule has 0 aliphatic carbocycles. The molecule has 1 aromatic rings. The van der Waals surface area contributed by atoms with Crippen molar-refractivity contribution in [2.45, 2.75) is 18.7 Å². The Morgan fingerprint density at radius 1 is 1.30 bits per heavy atom. The van der Waals surface area contributed by atoms with Crippen LogP contribution >= 0.6 is 0 Å². The quantitative estimate of drug-likeness (QED) is 0.490. The van der Waals surface area contributed by atoms with Crippen LogP contribution in [0.25, 0.3) is 0 Å². The molecule has 1 amide bonds. The van der Waals surface area contributed by atoms with Gasteiger partial charge in [-0.25, -0.2) is 4.79 Å². The lowest BCUT2D eigenvalue weighted by Gasteiger charge is -2.17. The maximum absolute atomic E-state index is 11.4. The lowest BCUT2D eigenvalue weighted by atomic mass is 10.2. The summed E-state index contributed by atoms with van der Waals surface area (Å²) >= 11 is 0. The molecule has 0 aromatic heterocycles. The third-order valence-electron chi connectivity index (χ3n) is 2.54. The summed E-state index contributed by atoms with van der Waals surface area (Å²) in [5.41, 5.74) is 6.19. The molecule has 0 aliphatic heterocycles. The third-order valence-corrected chi connectivity index (χ3v) is 2.54. The molecule has 0 spiro atoms. The molecule has 2 atom stereocenters. The van der Waals surface area contributed by atoms with E-state index in [4.69, 9.17) is 20.7 Å². The Morgan fingerprint density at radius 3 is 2.50 bits per heavy atom. The number of amides is 1. The number of benzene rings is 1. The minimum Gasteiger partial charge on any atom is -0.480 e. The first-order valence-electron chi connectivity index (χ1n) is 6.06. The molecule has 110 valence electrons. The van der Waals surface area contributed by atoms with Gasteiger partial charge in [0.1, 0.15) is 6.04 Å². The molecular weight excluding hydrogens is 264 g/mol.